The van der Waals surface area contributed by atoms with E-state index >= 15 is 0 Å². The molecular formula is C33H39N5O5. The van der Waals surface area contributed by atoms with E-state index in [1.807, 2.05) is 43.5 Å². The Labute approximate surface area is 251 Å². The van der Waals surface area contributed by atoms with Gasteiger partial charge in [-0.05, 0) is 88.5 Å². The van der Waals surface area contributed by atoms with E-state index < -0.39 is 5.41 Å². The highest BCUT2D eigenvalue weighted by atomic mass is 16.5. The van der Waals surface area contributed by atoms with Crippen molar-refractivity contribution < 1.29 is 18.7 Å². The van der Waals surface area contributed by atoms with Crippen molar-refractivity contribution in [3.63, 3.8) is 0 Å². The first-order valence-electron chi connectivity index (χ1n) is 14.7. The number of carbonyl (C=O) groups is 2. The van der Waals surface area contributed by atoms with Crippen molar-refractivity contribution in [1.29, 1.82) is 0 Å². The smallest absolute Gasteiger partial charge is 0.261 e. The zero-order valence-corrected chi connectivity index (χ0v) is 25.4. The lowest BCUT2D eigenvalue weighted by Gasteiger charge is -2.27. The van der Waals surface area contributed by atoms with Crippen molar-refractivity contribution >= 4 is 34.2 Å². The summed E-state index contributed by atoms with van der Waals surface area (Å²) >= 11 is 0. The molecule has 1 aliphatic rings. The summed E-state index contributed by atoms with van der Waals surface area (Å²) in [7, 11) is 1.70. The van der Waals surface area contributed by atoms with E-state index in [1.54, 1.807) is 53.7 Å². The molecule has 4 aromatic rings. The molecule has 1 aliphatic heterocycles. The number of pyridine rings is 2. The van der Waals surface area contributed by atoms with E-state index in [0.717, 1.165) is 17.5 Å². The summed E-state index contributed by atoms with van der Waals surface area (Å²) in [5.41, 5.74) is 2.96. The Morgan fingerprint density at radius 3 is 2.65 bits per heavy atom. The second kappa shape index (κ2) is 12.4. The van der Waals surface area contributed by atoms with Crippen molar-refractivity contribution in [2.45, 2.75) is 53.1 Å². The summed E-state index contributed by atoms with van der Waals surface area (Å²) < 4.78 is 13.2. The average molecular weight is 586 g/mol. The molecule has 226 valence electrons. The zero-order chi connectivity index (χ0) is 30.7. The van der Waals surface area contributed by atoms with Gasteiger partial charge in [0.1, 0.15) is 16.7 Å². The van der Waals surface area contributed by atoms with E-state index in [2.05, 4.69) is 17.2 Å². The molecule has 0 spiro atoms. The molecule has 43 heavy (non-hydrogen) atoms. The minimum absolute atomic E-state index is 0.0157. The number of rotatable bonds is 11. The molecule has 1 unspecified atom stereocenters. The summed E-state index contributed by atoms with van der Waals surface area (Å²) in [5, 5.41) is 4.17. The molecule has 1 atom stereocenters. The summed E-state index contributed by atoms with van der Waals surface area (Å²) in [4.78, 5) is 46.8. The van der Waals surface area contributed by atoms with Crippen LogP contribution < -0.4 is 25.4 Å². The lowest BCUT2D eigenvalue weighted by atomic mass is 9.90. The van der Waals surface area contributed by atoms with Crippen LogP contribution in [-0.2, 0) is 22.6 Å². The molecule has 0 aliphatic carbocycles. The van der Waals surface area contributed by atoms with Crippen LogP contribution in [0.25, 0.3) is 11.0 Å². The second-order valence-electron chi connectivity index (χ2n) is 11.5. The second-order valence-corrected chi connectivity index (χ2v) is 11.5. The summed E-state index contributed by atoms with van der Waals surface area (Å²) in [6.45, 7) is 9.37. The Morgan fingerprint density at radius 1 is 1.07 bits per heavy atom. The van der Waals surface area contributed by atoms with Gasteiger partial charge in [-0.1, -0.05) is 0 Å². The zero-order valence-electron chi connectivity index (χ0n) is 25.4. The first kappa shape index (κ1) is 30.0. The summed E-state index contributed by atoms with van der Waals surface area (Å²) in [5.74, 6) is 0.161. The monoisotopic (exact) mass is 585 g/mol. The van der Waals surface area contributed by atoms with Crippen LogP contribution in [0.2, 0.25) is 0 Å². The molecule has 4 heterocycles. The van der Waals surface area contributed by atoms with Gasteiger partial charge in [-0.15, -0.1) is 0 Å². The van der Waals surface area contributed by atoms with Crippen LogP contribution in [0.5, 0.6) is 5.75 Å². The van der Waals surface area contributed by atoms with E-state index in [-0.39, 0.29) is 23.4 Å². The molecule has 2 amide bonds. The average Bonchev–Trinajstić information content (AvgIpc) is 3.47. The molecule has 1 aromatic carbocycles. The predicted octanol–water partition coefficient (Wildman–Crippen LogP) is 4.32. The Hall–Kier alpha value is -4.44. The number of benzene rings is 1. The molecule has 0 saturated heterocycles. The van der Waals surface area contributed by atoms with Gasteiger partial charge in [0.25, 0.3) is 5.56 Å². The molecule has 10 nitrogen and oxygen atoms in total. The van der Waals surface area contributed by atoms with Crippen LogP contribution in [0.15, 0.2) is 70.5 Å². The van der Waals surface area contributed by atoms with E-state index in [1.165, 1.54) is 6.26 Å². The normalized spacial score (nSPS) is 15.5. The number of carbonyl (C=O) groups excluding carboxylic acids is 2. The topological polar surface area (TPSA) is 110 Å². The first-order chi connectivity index (χ1) is 20.6. The Balaban J connectivity index is 1.24. The number of anilines is 2. The largest absolute Gasteiger partial charge is 0.493 e. The Morgan fingerprint density at radius 2 is 1.88 bits per heavy atom. The number of fused-ring (bicyclic) bond motifs is 2. The standard InChI is InChI=1S/C33H39N5O5/c1-6-38-27-9-8-25(19-28(27)36(5)31(40)33(3,4)32(38)41)42-16-7-13-35-24(18-23-20-34-14-10-22(23)2)21-37-15-11-29-26(30(37)39)12-17-43-29/h8-12,14-15,17,19-20,24,35H,6-7,13,16,18,21H2,1-5H3. The number of ether oxygens (including phenoxy) is 1. The van der Waals surface area contributed by atoms with Crippen LogP contribution in [0.4, 0.5) is 11.4 Å². The van der Waals surface area contributed by atoms with Gasteiger partial charge in [-0.3, -0.25) is 19.4 Å². The van der Waals surface area contributed by atoms with Gasteiger partial charge < -0.3 is 28.8 Å². The summed E-state index contributed by atoms with van der Waals surface area (Å²) in [6, 6.07) is 11.0. The molecule has 5 rings (SSSR count). The third-order valence-electron chi connectivity index (χ3n) is 8.18. The van der Waals surface area contributed by atoms with Gasteiger partial charge >= 0.3 is 0 Å². The highest BCUT2D eigenvalue weighted by Gasteiger charge is 2.45. The van der Waals surface area contributed by atoms with E-state index in [4.69, 9.17) is 9.15 Å². The fraction of sp³-hybridized carbons (Fsp3) is 0.394. The quantitative estimate of drug-likeness (QED) is 0.206. The molecule has 1 N–H and O–H groups in total. The van der Waals surface area contributed by atoms with Gasteiger partial charge in [-0.2, -0.15) is 0 Å². The fourth-order valence-corrected chi connectivity index (χ4v) is 5.60. The number of aryl methyl sites for hydroxylation is 1. The molecule has 3 aromatic heterocycles. The van der Waals surface area contributed by atoms with Crippen molar-refractivity contribution in [3.8, 4) is 5.75 Å². The number of aromatic nitrogens is 2. The highest BCUT2D eigenvalue weighted by Crippen LogP contribution is 2.40. The minimum atomic E-state index is -1.16. The summed E-state index contributed by atoms with van der Waals surface area (Å²) in [6.07, 6.45) is 8.40. The third kappa shape index (κ3) is 6.06. The maximum absolute atomic E-state index is 13.1. The predicted molar refractivity (Wildman–Crippen MR) is 167 cm³/mol. The van der Waals surface area contributed by atoms with Gasteiger partial charge in [-0.25, -0.2) is 0 Å². The first-order valence-corrected chi connectivity index (χ1v) is 14.7. The SMILES string of the molecule is CCN1C(=O)C(C)(C)C(=O)N(C)c2cc(OCCCNC(Cc3cnccc3C)Cn3ccc4occc4c3=O)ccc21. The number of hydrogen-bond acceptors (Lipinski definition) is 7. The number of amides is 2. The number of furan rings is 1. The van der Waals surface area contributed by atoms with Gasteiger partial charge in [0.2, 0.25) is 11.8 Å². The molecule has 10 heteroatoms. The number of nitrogens with zero attached hydrogens (tertiary/aromatic N) is 4. The fourth-order valence-electron chi connectivity index (χ4n) is 5.60. The third-order valence-corrected chi connectivity index (χ3v) is 8.18. The highest BCUT2D eigenvalue weighted by molar-refractivity contribution is 6.20. The number of hydrogen-bond donors (Lipinski definition) is 1. The lowest BCUT2D eigenvalue weighted by Crippen LogP contribution is -2.47. The van der Waals surface area contributed by atoms with Crippen LogP contribution in [-0.4, -0.2) is 54.2 Å². The molecule has 0 saturated carbocycles. The Kier molecular flexibility index (Phi) is 8.68. The molecular weight excluding hydrogens is 546 g/mol. The van der Waals surface area contributed by atoms with Gasteiger partial charge in [0.15, 0.2) is 0 Å². The number of nitrogens with one attached hydrogen (secondary N) is 1. The Bertz CT molecular complexity index is 1690. The van der Waals surface area contributed by atoms with Crippen molar-refractivity contribution in [1.82, 2.24) is 14.9 Å². The van der Waals surface area contributed by atoms with Crippen LogP contribution >= 0.6 is 0 Å². The molecule has 0 fully saturated rings. The van der Waals surface area contributed by atoms with Crippen molar-refractivity contribution in [3.05, 3.63) is 82.7 Å². The molecule has 0 bridgehead atoms. The lowest BCUT2D eigenvalue weighted by molar-refractivity contribution is -0.137. The van der Waals surface area contributed by atoms with Gasteiger partial charge in [0.05, 0.1) is 29.6 Å². The maximum atomic E-state index is 13.1. The maximum Gasteiger partial charge on any atom is 0.261 e. The van der Waals surface area contributed by atoms with Crippen LogP contribution in [0.3, 0.4) is 0 Å². The van der Waals surface area contributed by atoms with Crippen LogP contribution in [0.1, 0.15) is 38.3 Å². The minimum Gasteiger partial charge on any atom is -0.493 e. The van der Waals surface area contributed by atoms with E-state index in [9.17, 15) is 14.4 Å². The van der Waals surface area contributed by atoms with E-state index in [0.29, 0.717) is 60.8 Å². The van der Waals surface area contributed by atoms with Crippen molar-refractivity contribution in [2.75, 3.05) is 36.5 Å². The van der Waals surface area contributed by atoms with Crippen molar-refractivity contribution in [2.24, 2.45) is 5.41 Å². The molecule has 0 radical (unpaired) electrons. The van der Waals surface area contributed by atoms with Gasteiger partial charge in [0, 0.05) is 50.8 Å². The van der Waals surface area contributed by atoms with Crippen LogP contribution in [0, 0.1) is 12.3 Å².